The van der Waals surface area contributed by atoms with E-state index in [1.54, 1.807) is 29.1 Å². The van der Waals surface area contributed by atoms with Crippen LogP contribution in [0.1, 0.15) is 44.2 Å². The van der Waals surface area contributed by atoms with Gasteiger partial charge in [-0.15, -0.1) is 0 Å². The van der Waals surface area contributed by atoms with Crippen LogP contribution in [0.4, 0.5) is 16.4 Å². The number of nitrogens with one attached hydrogen (secondary N) is 2. The molecule has 7 nitrogen and oxygen atoms in total. The summed E-state index contributed by atoms with van der Waals surface area (Å²) in [7, 11) is 1.84. The fraction of sp³-hybridized carbons (Fsp3) is 0.308. The summed E-state index contributed by atoms with van der Waals surface area (Å²) in [5.74, 6) is 0.954. The minimum Gasteiger partial charge on any atom is -0.335 e. The largest absolute Gasteiger partial charge is 0.335 e. The minimum absolute atomic E-state index is 0.0346. The van der Waals surface area contributed by atoms with Crippen molar-refractivity contribution in [3.8, 4) is 0 Å². The molecule has 2 aromatic heterocycles. The van der Waals surface area contributed by atoms with Crippen molar-refractivity contribution in [2.24, 2.45) is 12.0 Å². The van der Waals surface area contributed by atoms with Crippen LogP contribution in [-0.2, 0) is 7.05 Å². The quantitative estimate of drug-likeness (QED) is 0.338. The molecule has 33 heavy (non-hydrogen) atoms. The van der Waals surface area contributed by atoms with Gasteiger partial charge in [-0.25, -0.2) is 14.8 Å². The van der Waals surface area contributed by atoms with Gasteiger partial charge < -0.3 is 5.32 Å². The number of nitrogens with zero attached hydrogens (tertiary/aromatic N) is 4. The van der Waals surface area contributed by atoms with Crippen molar-refractivity contribution in [3.05, 3.63) is 84.8 Å². The fourth-order valence-corrected chi connectivity index (χ4v) is 3.17. The van der Waals surface area contributed by atoms with Gasteiger partial charge in [0.15, 0.2) is 5.82 Å². The Kier molecular flexibility index (Phi) is 10.0. The molecule has 0 fully saturated rings. The molecule has 2 heterocycles. The molecule has 2 rings (SSSR count). The van der Waals surface area contributed by atoms with Crippen LogP contribution < -0.4 is 10.6 Å². The fourth-order valence-electron chi connectivity index (χ4n) is 3.17. The second-order valence-corrected chi connectivity index (χ2v) is 7.79. The molecule has 0 aliphatic carbocycles. The SMILES string of the molecule is C=C/C=C\C(=C/C)CCCC(C)NC(=O)Nc1ccc(C)c(N=C(C=C)c2cnn(C)c2)n1. The summed E-state index contributed by atoms with van der Waals surface area (Å²) >= 11 is 0. The number of amides is 2. The van der Waals surface area contributed by atoms with Crippen molar-refractivity contribution in [2.45, 2.75) is 46.1 Å². The highest BCUT2D eigenvalue weighted by molar-refractivity contribution is 6.09. The van der Waals surface area contributed by atoms with E-state index in [0.717, 1.165) is 30.4 Å². The van der Waals surface area contributed by atoms with Crippen LogP contribution in [0.5, 0.6) is 0 Å². The van der Waals surface area contributed by atoms with E-state index in [1.807, 2.05) is 46.2 Å². The molecule has 0 aromatic carbocycles. The summed E-state index contributed by atoms with van der Waals surface area (Å²) in [6, 6.07) is 3.39. The molecule has 174 valence electrons. The van der Waals surface area contributed by atoms with Gasteiger partial charge in [-0.05, 0) is 57.7 Å². The van der Waals surface area contributed by atoms with E-state index < -0.39 is 0 Å². The lowest BCUT2D eigenvalue weighted by molar-refractivity contribution is 0.248. The lowest BCUT2D eigenvalue weighted by atomic mass is 10.0. The van der Waals surface area contributed by atoms with Gasteiger partial charge in [0.05, 0.1) is 11.9 Å². The first-order chi connectivity index (χ1) is 15.9. The van der Waals surface area contributed by atoms with Gasteiger partial charge in [-0.1, -0.05) is 49.1 Å². The molecule has 2 aromatic rings. The first-order valence-corrected chi connectivity index (χ1v) is 11.1. The molecule has 0 saturated heterocycles. The van der Waals surface area contributed by atoms with Crippen molar-refractivity contribution < 1.29 is 4.79 Å². The predicted octanol–water partition coefficient (Wildman–Crippen LogP) is 5.80. The molecule has 0 aliphatic heterocycles. The van der Waals surface area contributed by atoms with Gasteiger partial charge >= 0.3 is 6.03 Å². The minimum atomic E-state index is -0.289. The third kappa shape index (κ3) is 8.37. The van der Waals surface area contributed by atoms with E-state index in [1.165, 1.54) is 5.57 Å². The van der Waals surface area contributed by atoms with E-state index >= 15 is 0 Å². The summed E-state index contributed by atoms with van der Waals surface area (Å²) in [6.45, 7) is 13.5. The number of carbonyl (C=O) groups excluding carboxylic acids is 1. The summed E-state index contributed by atoms with van der Waals surface area (Å²) in [6.07, 6.45) is 15.9. The van der Waals surface area contributed by atoms with Crippen molar-refractivity contribution in [1.82, 2.24) is 20.1 Å². The highest BCUT2D eigenvalue weighted by Gasteiger charge is 2.10. The van der Waals surface area contributed by atoms with Crippen molar-refractivity contribution in [3.63, 3.8) is 0 Å². The summed E-state index contributed by atoms with van der Waals surface area (Å²) in [4.78, 5) is 21.6. The van der Waals surface area contributed by atoms with Gasteiger partial charge in [0.25, 0.3) is 0 Å². The number of allylic oxidation sites excluding steroid dienone is 6. The highest BCUT2D eigenvalue weighted by atomic mass is 16.2. The molecule has 7 heteroatoms. The summed E-state index contributed by atoms with van der Waals surface area (Å²) in [5.41, 5.74) is 3.66. The molecule has 0 saturated carbocycles. The van der Waals surface area contributed by atoms with Crippen LogP contribution in [0.15, 0.2) is 78.6 Å². The number of aliphatic imine (C=N–C) groups is 1. The first-order valence-electron chi connectivity index (χ1n) is 11.1. The normalized spacial score (nSPS) is 13.1. The van der Waals surface area contributed by atoms with Crippen LogP contribution >= 0.6 is 0 Å². The van der Waals surface area contributed by atoms with E-state index in [0.29, 0.717) is 17.3 Å². The molecule has 2 N–H and O–H groups in total. The monoisotopic (exact) mass is 446 g/mol. The second kappa shape index (κ2) is 13.0. The van der Waals surface area contributed by atoms with Gasteiger partial charge in [0, 0.05) is 24.8 Å². The molecule has 0 aliphatic rings. The lowest BCUT2D eigenvalue weighted by Gasteiger charge is -2.15. The van der Waals surface area contributed by atoms with Gasteiger partial charge in [0.2, 0.25) is 0 Å². The Balaban J connectivity index is 1.97. The van der Waals surface area contributed by atoms with Crippen molar-refractivity contribution >= 4 is 23.4 Å². The van der Waals surface area contributed by atoms with Crippen molar-refractivity contribution in [2.75, 3.05) is 5.32 Å². The number of urea groups is 1. The van der Waals surface area contributed by atoms with E-state index in [4.69, 9.17) is 0 Å². The van der Waals surface area contributed by atoms with E-state index in [2.05, 4.69) is 51.0 Å². The molecular formula is C26H34N6O. The molecule has 1 unspecified atom stereocenters. The Labute approximate surface area is 196 Å². The zero-order chi connectivity index (χ0) is 24.2. The van der Waals surface area contributed by atoms with Crippen LogP contribution in [0, 0.1) is 6.92 Å². The predicted molar refractivity (Wildman–Crippen MR) is 137 cm³/mol. The number of pyridine rings is 1. The topological polar surface area (TPSA) is 84.2 Å². The van der Waals surface area contributed by atoms with E-state index in [9.17, 15) is 4.79 Å². The summed E-state index contributed by atoms with van der Waals surface area (Å²) in [5, 5.41) is 9.95. The second-order valence-electron chi connectivity index (χ2n) is 7.79. The zero-order valence-corrected chi connectivity index (χ0v) is 20.0. The van der Waals surface area contributed by atoms with Gasteiger partial charge in [-0.2, -0.15) is 5.10 Å². The molecule has 0 radical (unpaired) electrons. The summed E-state index contributed by atoms with van der Waals surface area (Å²) < 4.78 is 1.70. The zero-order valence-electron chi connectivity index (χ0n) is 20.0. The molecule has 0 spiro atoms. The maximum absolute atomic E-state index is 12.5. The van der Waals surface area contributed by atoms with Gasteiger partial charge in [-0.3, -0.25) is 10.00 Å². The number of hydrogen-bond acceptors (Lipinski definition) is 4. The van der Waals surface area contributed by atoms with Gasteiger partial charge in [0.1, 0.15) is 5.82 Å². The van der Waals surface area contributed by atoms with Crippen LogP contribution in [-0.4, -0.2) is 32.5 Å². The molecule has 2 amide bonds. The Morgan fingerprint density at radius 1 is 1.33 bits per heavy atom. The average Bonchev–Trinajstić information content (AvgIpc) is 3.22. The Bertz CT molecular complexity index is 1060. The first kappa shape index (κ1) is 25.5. The number of carbonyl (C=O) groups is 1. The third-order valence-electron chi connectivity index (χ3n) is 5.03. The molecular weight excluding hydrogens is 412 g/mol. The molecule has 0 bridgehead atoms. The van der Waals surface area contributed by atoms with Crippen LogP contribution in [0.25, 0.3) is 0 Å². The van der Waals surface area contributed by atoms with E-state index in [-0.39, 0.29) is 12.1 Å². The maximum Gasteiger partial charge on any atom is 0.320 e. The number of aromatic nitrogens is 3. The number of rotatable bonds is 11. The Morgan fingerprint density at radius 3 is 2.76 bits per heavy atom. The van der Waals surface area contributed by atoms with Crippen molar-refractivity contribution in [1.29, 1.82) is 0 Å². The number of anilines is 1. The van der Waals surface area contributed by atoms with Crippen LogP contribution in [0.2, 0.25) is 0 Å². The Hall–Kier alpha value is -3.74. The maximum atomic E-state index is 12.5. The standard InChI is InChI=1S/C26H34N6O/c1-7-10-13-21(8-2)14-11-12-20(5)28-26(33)31-24-16-15-19(4)25(30-24)29-23(9-3)22-17-27-32(6)18-22/h7-10,13,15-18,20H,1,3,11-12,14H2,2,4-6H3,(H2,28,30,31,33)/b13-10-,21-8+,29-23?. The highest BCUT2D eigenvalue weighted by Crippen LogP contribution is 2.20. The number of hydrogen-bond donors (Lipinski definition) is 2. The average molecular weight is 447 g/mol. The lowest BCUT2D eigenvalue weighted by Crippen LogP contribution is -2.36. The molecule has 1 atom stereocenters. The van der Waals surface area contributed by atoms with Crippen LogP contribution in [0.3, 0.4) is 0 Å². The third-order valence-corrected chi connectivity index (χ3v) is 5.03. The smallest absolute Gasteiger partial charge is 0.320 e. The number of aryl methyl sites for hydroxylation is 2. The Morgan fingerprint density at radius 2 is 2.12 bits per heavy atom.